The predicted molar refractivity (Wildman–Crippen MR) is 74.0 cm³/mol. The first-order valence-corrected chi connectivity index (χ1v) is 6.25. The molecule has 0 saturated carbocycles. The topological polar surface area (TPSA) is 50.2 Å². The average Bonchev–Trinajstić information content (AvgIpc) is 2.47. The molecule has 0 fully saturated rings. The van der Waals surface area contributed by atoms with Crippen molar-refractivity contribution in [2.24, 2.45) is 0 Å². The lowest BCUT2D eigenvalue weighted by Gasteiger charge is -2.08. The van der Waals surface area contributed by atoms with E-state index in [9.17, 15) is 23.1 Å². The average molecular weight is 303 g/mol. The van der Waals surface area contributed by atoms with E-state index in [-0.39, 0.29) is 27.7 Å². The number of fused-ring (bicyclic) bond motifs is 1. The summed E-state index contributed by atoms with van der Waals surface area (Å²) in [7, 11) is 0. The second-order valence-electron chi connectivity index (χ2n) is 4.62. The molecular weight excluding hydrogens is 295 g/mol. The molecule has 0 atom stereocenters. The van der Waals surface area contributed by atoms with E-state index in [4.69, 9.17) is 0 Å². The molecule has 2 aromatic carbocycles. The fourth-order valence-corrected chi connectivity index (χ4v) is 2.23. The predicted octanol–water partition coefficient (Wildman–Crippen LogP) is 4.02. The number of hydrogen-bond acceptors (Lipinski definition) is 2. The lowest BCUT2D eigenvalue weighted by Crippen LogP contribution is -2.02. The number of aromatic nitrogens is 1. The molecule has 3 rings (SSSR count). The number of halogens is 3. The van der Waals surface area contributed by atoms with Crippen molar-refractivity contribution < 1.29 is 23.1 Å². The van der Waals surface area contributed by atoms with Crippen LogP contribution in [0.3, 0.4) is 0 Å². The molecule has 1 aromatic heterocycles. The molecule has 0 radical (unpaired) electrons. The van der Waals surface area contributed by atoms with Crippen molar-refractivity contribution in [2.75, 3.05) is 0 Å². The van der Waals surface area contributed by atoms with Gasteiger partial charge in [-0.2, -0.15) is 0 Å². The Hall–Kier alpha value is -2.89. The van der Waals surface area contributed by atoms with Crippen LogP contribution in [0.2, 0.25) is 0 Å². The minimum Gasteiger partial charge on any atom is -0.478 e. The van der Waals surface area contributed by atoms with E-state index in [1.807, 2.05) is 0 Å². The fourth-order valence-electron chi connectivity index (χ4n) is 2.23. The third-order valence-corrected chi connectivity index (χ3v) is 3.23. The summed E-state index contributed by atoms with van der Waals surface area (Å²) in [4.78, 5) is 15.3. The fraction of sp³-hybridized carbons (Fsp3) is 0. The molecule has 0 aliphatic heterocycles. The quantitative estimate of drug-likeness (QED) is 0.778. The summed E-state index contributed by atoms with van der Waals surface area (Å²) >= 11 is 0. The monoisotopic (exact) mass is 303 g/mol. The van der Waals surface area contributed by atoms with Gasteiger partial charge in [0.1, 0.15) is 23.0 Å². The Balaban J connectivity index is 2.36. The van der Waals surface area contributed by atoms with E-state index in [1.54, 1.807) is 0 Å². The van der Waals surface area contributed by atoms with Gasteiger partial charge >= 0.3 is 5.97 Å². The normalized spacial score (nSPS) is 10.9. The number of rotatable bonds is 2. The van der Waals surface area contributed by atoms with Crippen LogP contribution in [0.15, 0.2) is 42.5 Å². The van der Waals surface area contributed by atoms with E-state index in [2.05, 4.69) is 4.98 Å². The molecule has 0 aliphatic rings. The number of carbonyl (C=O) groups is 1. The van der Waals surface area contributed by atoms with Crippen LogP contribution in [0.1, 0.15) is 10.4 Å². The first-order valence-electron chi connectivity index (χ1n) is 6.25. The molecule has 1 N–H and O–H groups in total. The van der Waals surface area contributed by atoms with Crippen molar-refractivity contribution in [3.05, 3.63) is 65.5 Å². The number of carboxylic acids is 1. The Morgan fingerprint density at radius 2 is 1.77 bits per heavy atom. The smallest absolute Gasteiger partial charge is 0.336 e. The largest absolute Gasteiger partial charge is 0.478 e. The van der Waals surface area contributed by atoms with Gasteiger partial charge in [0.15, 0.2) is 0 Å². The Kier molecular flexibility index (Phi) is 3.29. The molecule has 0 unspecified atom stereocenters. The molecule has 0 bridgehead atoms. The Morgan fingerprint density at radius 1 is 1.00 bits per heavy atom. The molecule has 22 heavy (non-hydrogen) atoms. The number of benzene rings is 2. The molecule has 0 spiro atoms. The second kappa shape index (κ2) is 5.14. The standard InChI is InChI=1S/C16H8F3NO2/c17-8-4-5-10(13(19)6-8)14-7-11(16(21)22)9-2-1-3-12(18)15(9)20-14/h1-7H,(H,21,22). The molecule has 0 saturated heterocycles. The summed E-state index contributed by atoms with van der Waals surface area (Å²) in [6.07, 6.45) is 0. The van der Waals surface area contributed by atoms with Gasteiger partial charge in [-0.1, -0.05) is 12.1 Å². The maximum atomic E-state index is 13.9. The minimum absolute atomic E-state index is 0.0764. The molecule has 0 aliphatic carbocycles. The summed E-state index contributed by atoms with van der Waals surface area (Å²) in [6.45, 7) is 0. The van der Waals surface area contributed by atoms with E-state index in [1.165, 1.54) is 12.1 Å². The van der Waals surface area contributed by atoms with Gasteiger partial charge in [0.2, 0.25) is 0 Å². The van der Waals surface area contributed by atoms with Gasteiger partial charge < -0.3 is 5.11 Å². The Morgan fingerprint density at radius 3 is 2.45 bits per heavy atom. The second-order valence-corrected chi connectivity index (χ2v) is 4.62. The third kappa shape index (κ3) is 2.28. The highest BCUT2D eigenvalue weighted by molar-refractivity contribution is 6.03. The van der Waals surface area contributed by atoms with Gasteiger partial charge in [0.25, 0.3) is 0 Å². The van der Waals surface area contributed by atoms with Crippen LogP contribution in [0.25, 0.3) is 22.2 Å². The van der Waals surface area contributed by atoms with E-state index >= 15 is 0 Å². The number of para-hydroxylation sites is 1. The molecule has 3 aromatic rings. The highest BCUT2D eigenvalue weighted by atomic mass is 19.1. The van der Waals surface area contributed by atoms with E-state index in [0.717, 1.165) is 24.3 Å². The van der Waals surface area contributed by atoms with Crippen LogP contribution >= 0.6 is 0 Å². The first-order chi connectivity index (χ1) is 10.5. The Labute approximate surface area is 122 Å². The molecule has 0 amide bonds. The van der Waals surface area contributed by atoms with Crippen molar-refractivity contribution in [1.29, 1.82) is 0 Å². The molecule has 110 valence electrons. The number of pyridine rings is 1. The zero-order valence-corrected chi connectivity index (χ0v) is 11.0. The summed E-state index contributed by atoms with van der Waals surface area (Å²) in [5.41, 5.74) is -0.564. The summed E-state index contributed by atoms with van der Waals surface area (Å²) in [6, 6.07) is 7.86. The van der Waals surface area contributed by atoms with Crippen molar-refractivity contribution in [1.82, 2.24) is 4.98 Å². The minimum atomic E-state index is -1.29. The molecule has 3 nitrogen and oxygen atoms in total. The van der Waals surface area contributed by atoms with Crippen LogP contribution in [0.4, 0.5) is 13.2 Å². The highest BCUT2D eigenvalue weighted by Crippen LogP contribution is 2.28. The van der Waals surface area contributed by atoms with E-state index < -0.39 is 23.4 Å². The van der Waals surface area contributed by atoms with Gasteiger partial charge in [-0.15, -0.1) is 0 Å². The first kappa shape index (κ1) is 14.1. The number of hydrogen-bond donors (Lipinski definition) is 1. The lowest BCUT2D eigenvalue weighted by atomic mass is 10.0. The van der Waals surface area contributed by atoms with Crippen molar-refractivity contribution >= 4 is 16.9 Å². The Bertz CT molecular complexity index is 909. The van der Waals surface area contributed by atoms with Crippen LogP contribution in [-0.2, 0) is 0 Å². The zero-order chi connectivity index (χ0) is 15.9. The van der Waals surface area contributed by atoms with Crippen LogP contribution in [0, 0.1) is 17.5 Å². The summed E-state index contributed by atoms with van der Waals surface area (Å²) in [5, 5.41) is 9.36. The third-order valence-electron chi connectivity index (χ3n) is 3.23. The summed E-state index contributed by atoms with van der Waals surface area (Å²) in [5.74, 6) is -3.68. The molecule has 1 heterocycles. The number of carboxylic acid groups (broad SMARTS) is 1. The summed E-state index contributed by atoms with van der Waals surface area (Å²) < 4.78 is 40.7. The van der Waals surface area contributed by atoms with Gasteiger partial charge in [-0.25, -0.2) is 22.9 Å². The van der Waals surface area contributed by atoms with Gasteiger partial charge in [0.05, 0.1) is 11.3 Å². The van der Waals surface area contributed by atoms with Crippen molar-refractivity contribution in [3.8, 4) is 11.3 Å². The lowest BCUT2D eigenvalue weighted by molar-refractivity contribution is 0.0699. The maximum absolute atomic E-state index is 13.9. The highest BCUT2D eigenvalue weighted by Gasteiger charge is 2.17. The van der Waals surface area contributed by atoms with Crippen molar-refractivity contribution in [2.45, 2.75) is 0 Å². The SMILES string of the molecule is O=C(O)c1cc(-c2ccc(F)cc2F)nc2c(F)cccc12. The van der Waals surface area contributed by atoms with Gasteiger partial charge in [0, 0.05) is 17.0 Å². The van der Waals surface area contributed by atoms with E-state index in [0.29, 0.717) is 6.07 Å². The van der Waals surface area contributed by atoms with Gasteiger partial charge in [-0.05, 0) is 24.3 Å². The maximum Gasteiger partial charge on any atom is 0.336 e. The van der Waals surface area contributed by atoms with Crippen molar-refractivity contribution in [3.63, 3.8) is 0 Å². The number of nitrogens with zero attached hydrogens (tertiary/aromatic N) is 1. The number of aromatic carboxylic acids is 1. The molecule has 6 heteroatoms. The zero-order valence-electron chi connectivity index (χ0n) is 11.0. The van der Waals surface area contributed by atoms with Crippen LogP contribution in [0.5, 0.6) is 0 Å². The van der Waals surface area contributed by atoms with Crippen LogP contribution < -0.4 is 0 Å². The van der Waals surface area contributed by atoms with Crippen LogP contribution in [-0.4, -0.2) is 16.1 Å². The van der Waals surface area contributed by atoms with Gasteiger partial charge in [-0.3, -0.25) is 0 Å². The molecular formula is C16H8F3NO2.